The first kappa shape index (κ1) is 14.0. The molecule has 0 radical (unpaired) electrons. The molecular weight excluding hydrogens is 258 g/mol. The third-order valence-electron chi connectivity index (χ3n) is 2.77. The van der Waals surface area contributed by atoms with Gasteiger partial charge in [-0.15, -0.1) is 0 Å². The van der Waals surface area contributed by atoms with Crippen molar-refractivity contribution in [3.05, 3.63) is 65.6 Å². The first-order valence-corrected chi connectivity index (χ1v) is 6.13. The maximum Gasteiger partial charge on any atom is 0.267 e. The Morgan fingerprint density at radius 3 is 2.70 bits per heavy atom. The second-order valence-electron chi connectivity index (χ2n) is 4.24. The van der Waals surface area contributed by atoms with E-state index in [9.17, 15) is 9.90 Å². The van der Waals surface area contributed by atoms with E-state index in [1.807, 2.05) is 30.3 Å². The predicted molar refractivity (Wildman–Crippen MR) is 72.8 cm³/mol. The van der Waals surface area contributed by atoms with Crippen LogP contribution in [0.15, 0.2) is 53.0 Å². The van der Waals surface area contributed by atoms with E-state index in [1.54, 1.807) is 12.1 Å². The summed E-state index contributed by atoms with van der Waals surface area (Å²) in [5.74, 6) is 0.460. The van der Waals surface area contributed by atoms with Gasteiger partial charge in [0, 0.05) is 12.5 Å². The SMILES string of the molecule is O=C(C=Cc1ccc(CC(O)c2ccccc2)o1)NO. The van der Waals surface area contributed by atoms with Gasteiger partial charge in [0.25, 0.3) is 5.91 Å². The van der Waals surface area contributed by atoms with Gasteiger partial charge in [-0.3, -0.25) is 10.0 Å². The molecule has 0 aliphatic rings. The van der Waals surface area contributed by atoms with Gasteiger partial charge in [0.15, 0.2) is 0 Å². The van der Waals surface area contributed by atoms with Crippen LogP contribution in [0.5, 0.6) is 0 Å². The summed E-state index contributed by atoms with van der Waals surface area (Å²) >= 11 is 0. The van der Waals surface area contributed by atoms with Gasteiger partial charge in [0.05, 0.1) is 6.10 Å². The number of hydrogen-bond acceptors (Lipinski definition) is 4. The van der Waals surface area contributed by atoms with Gasteiger partial charge in [0.1, 0.15) is 11.5 Å². The van der Waals surface area contributed by atoms with Crippen LogP contribution in [0.3, 0.4) is 0 Å². The van der Waals surface area contributed by atoms with Crippen LogP contribution in [0.2, 0.25) is 0 Å². The molecule has 2 aromatic rings. The van der Waals surface area contributed by atoms with Gasteiger partial charge in [-0.25, -0.2) is 5.48 Å². The first-order chi connectivity index (χ1) is 9.69. The van der Waals surface area contributed by atoms with Gasteiger partial charge in [-0.2, -0.15) is 0 Å². The zero-order valence-electron chi connectivity index (χ0n) is 10.7. The number of amides is 1. The third kappa shape index (κ3) is 3.81. The van der Waals surface area contributed by atoms with Crippen molar-refractivity contribution in [2.24, 2.45) is 0 Å². The minimum atomic E-state index is -0.639. The Hall–Kier alpha value is -2.37. The summed E-state index contributed by atoms with van der Waals surface area (Å²) in [7, 11) is 0. The Labute approximate surface area is 116 Å². The average molecular weight is 273 g/mol. The van der Waals surface area contributed by atoms with E-state index in [4.69, 9.17) is 9.62 Å². The maximum absolute atomic E-state index is 10.8. The molecule has 0 saturated carbocycles. The smallest absolute Gasteiger partial charge is 0.267 e. The standard InChI is InChI=1S/C15H15NO4/c17-14(11-4-2-1-3-5-11)10-13-7-6-12(20-13)8-9-15(18)16-19/h1-9,14,17,19H,10H2,(H,16,18). The Balaban J connectivity index is 1.99. The van der Waals surface area contributed by atoms with Crippen molar-refractivity contribution < 1.29 is 19.5 Å². The van der Waals surface area contributed by atoms with Crippen LogP contribution in [0.4, 0.5) is 0 Å². The highest BCUT2D eigenvalue weighted by molar-refractivity contribution is 5.90. The summed E-state index contributed by atoms with van der Waals surface area (Å²) in [5, 5.41) is 18.4. The van der Waals surface area contributed by atoms with Gasteiger partial charge in [-0.1, -0.05) is 30.3 Å². The second kappa shape index (κ2) is 6.70. The van der Waals surface area contributed by atoms with E-state index >= 15 is 0 Å². The molecule has 2 rings (SSSR count). The number of carbonyl (C=O) groups is 1. The fraction of sp³-hybridized carbons (Fsp3) is 0.133. The minimum Gasteiger partial charge on any atom is -0.462 e. The summed E-state index contributed by atoms with van der Waals surface area (Å²) < 4.78 is 5.46. The fourth-order valence-electron chi connectivity index (χ4n) is 1.77. The van der Waals surface area contributed by atoms with Gasteiger partial charge in [0.2, 0.25) is 0 Å². The molecule has 0 aliphatic heterocycles. The van der Waals surface area contributed by atoms with Crippen LogP contribution >= 0.6 is 0 Å². The zero-order valence-corrected chi connectivity index (χ0v) is 10.7. The van der Waals surface area contributed by atoms with Crippen molar-refractivity contribution >= 4 is 12.0 Å². The number of aliphatic hydroxyl groups is 1. The Kier molecular flexibility index (Phi) is 4.70. The number of hydroxylamine groups is 1. The largest absolute Gasteiger partial charge is 0.462 e. The summed E-state index contributed by atoms with van der Waals surface area (Å²) in [6.45, 7) is 0. The van der Waals surface area contributed by atoms with E-state index in [0.717, 1.165) is 11.6 Å². The first-order valence-electron chi connectivity index (χ1n) is 6.13. The summed E-state index contributed by atoms with van der Waals surface area (Å²) in [5.41, 5.74) is 2.31. The molecule has 0 aliphatic carbocycles. The van der Waals surface area contributed by atoms with Gasteiger partial charge < -0.3 is 9.52 Å². The number of nitrogens with one attached hydrogen (secondary N) is 1. The van der Waals surface area contributed by atoms with Crippen molar-refractivity contribution in [2.45, 2.75) is 12.5 Å². The Bertz CT molecular complexity index is 589. The normalized spacial score (nSPS) is 12.5. The lowest BCUT2D eigenvalue weighted by molar-refractivity contribution is -0.124. The Morgan fingerprint density at radius 2 is 2.00 bits per heavy atom. The van der Waals surface area contributed by atoms with E-state index in [1.165, 1.54) is 11.6 Å². The quantitative estimate of drug-likeness (QED) is 0.442. The number of aliphatic hydroxyl groups excluding tert-OH is 1. The van der Waals surface area contributed by atoms with E-state index in [-0.39, 0.29) is 0 Å². The number of carbonyl (C=O) groups excluding carboxylic acids is 1. The maximum atomic E-state index is 10.8. The lowest BCUT2D eigenvalue weighted by atomic mass is 10.1. The molecule has 0 spiro atoms. The predicted octanol–water partition coefficient (Wildman–Crippen LogP) is 2.07. The molecule has 1 unspecified atom stereocenters. The second-order valence-corrected chi connectivity index (χ2v) is 4.24. The molecule has 104 valence electrons. The van der Waals surface area contributed by atoms with Crippen LogP contribution in [0.25, 0.3) is 6.08 Å². The fourth-order valence-corrected chi connectivity index (χ4v) is 1.77. The van der Waals surface area contributed by atoms with E-state index in [0.29, 0.717) is 17.9 Å². The molecule has 0 bridgehead atoms. The van der Waals surface area contributed by atoms with Crippen molar-refractivity contribution in [3.8, 4) is 0 Å². The highest BCUT2D eigenvalue weighted by Crippen LogP contribution is 2.20. The molecule has 1 atom stereocenters. The highest BCUT2D eigenvalue weighted by atomic mass is 16.5. The summed E-state index contributed by atoms with van der Waals surface area (Å²) in [6, 6.07) is 12.7. The summed E-state index contributed by atoms with van der Waals surface area (Å²) in [6.07, 6.45) is 2.30. The van der Waals surface area contributed by atoms with Crippen molar-refractivity contribution in [1.29, 1.82) is 0 Å². The molecule has 5 nitrogen and oxygen atoms in total. The number of furan rings is 1. The van der Waals surface area contributed by atoms with E-state index < -0.39 is 12.0 Å². The molecule has 1 aromatic carbocycles. The Morgan fingerprint density at radius 1 is 1.25 bits per heavy atom. The molecule has 1 aromatic heterocycles. The van der Waals surface area contributed by atoms with Crippen molar-refractivity contribution in [1.82, 2.24) is 5.48 Å². The number of rotatable bonds is 5. The molecule has 20 heavy (non-hydrogen) atoms. The van der Waals surface area contributed by atoms with Crippen molar-refractivity contribution in [2.75, 3.05) is 0 Å². The number of benzene rings is 1. The van der Waals surface area contributed by atoms with Gasteiger partial charge in [-0.05, 0) is 23.8 Å². The van der Waals surface area contributed by atoms with Crippen LogP contribution in [0, 0.1) is 0 Å². The lowest BCUT2D eigenvalue weighted by Gasteiger charge is -2.08. The molecule has 0 saturated heterocycles. The van der Waals surface area contributed by atoms with Gasteiger partial charge >= 0.3 is 0 Å². The molecule has 3 N–H and O–H groups in total. The van der Waals surface area contributed by atoms with Crippen LogP contribution in [0.1, 0.15) is 23.2 Å². The van der Waals surface area contributed by atoms with Crippen molar-refractivity contribution in [3.63, 3.8) is 0 Å². The number of hydrogen-bond donors (Lipinski definition) is 3. The van der Waals surface area contributed by atoms with Crippen LogP contribution < -0.4 is 5.48 Å². The zero-order chi connectivity index (χ0) is 14.4. The molecule has 5 heteroatoms. The molecule has 1 amide bonds. The van der Waals surface area contributed by atoms with Crippen LogP contribution in [-0.4, -0.2) is 16.2 Å². The molecule has 0 fully saturated rings. The monoisotopic (exact) mass is 273 g/mol. The molecule has 1 heterocycles. The third-order valence-corrected chi connectivity index (χ3v) is 2.77. The average Bonchev–Trinajstić information content (AvgIpc) is 2.93. The summed E-state index contributed by atoms with van der Waals surface area (Å²) in [4.78, 5) is 10.8. The van der Waals surface area contributed by atoms with Crippen LogP contribution in [-0.2, 0) is 11.2 Å². The molecular formula is C15H15NO4. The topological polar surface area (TPSA) is 82.7 Å². The minimum absolute atomic E-state index is 0.351. The van der Waals surface area contributed by atoms with E-state index in [2.05, 4.69) is 0 Å². The lowest BCUT2D eigenvalue weighted by Crippen LogP contribution is -2.14. The highest BCUT2D eigenvalue weighted by Gasteiger charge is 2.10.